The van der Waals surface area contributed by atoms with Gasteiger partial charge in [-0.05, 0) is 68.6 Å². The van der Waals surface area contributed by atoms with E-state index in [1.165, 1.54) is 42.8 Å². The average Bonchev–Trinajstić information content (AvgIpc) is 4.19. The van der Waals surface area contributed by atoms with E-state index in [2.05, 4.69) is 68.0 Å². The van der Waals surface area contributed by atoms with Gasteiger partial charge in [0.15, 0.2) is 5.82 Å². The molecule has 0 radical (unpaired) electrons. The van der Waals surface area contributed by atoms with Crippen molar-refractivity contribution in [2.24, 2.45) is 0 Å². The highest BCUT2D eigenvalue weighted by atomic mass is 32.1. The molecule has 372 valence electrons. The third-order valence-electron chi connectivity index (χ3n) is 12.2. The molecule has 3 fully saturated rings. The van der Waals surface area contributed by atoms with Crippen LogP contribution >= 0.6 is 11.3 Å². The number of amides is 1. The van der Waals surface area contributed by atoms with Crippen molar-refractivity contribution in [3.63, 3.8) is 0 Å². The summed E-state index contributed by atoms with van der Waals surface area (Å²) in [6.07, 6.45) is 7.80. The van der Waals surface area contributed by atoms with Crippen LogP contribution in [-0.4, -0.2) is 113 Å². The van der Waals surface area contributed by atoms with Crippen molar-refractivity contribution < 1.29 is 22.8 Å². The Balaban J connectivity index is 0.000000250. The number of nitrogens with zero attached hydrogens (tertiary/aromatic N) is 8. The minimum Gasteiger partial charge on any atom is -0.496 e. The van der Waals surface area contributed by atoms with Crippen LogP contribution in [0, 0.1) is 6.92 Å². The molecule has 2 atom stereocenters. The van der Waals surface area contributed by atoms with Crippen molar-refractivity contribution in [3.8, 4) is 27.4 Å². The number of hydrogen-bond acceptors (Lipinski definition) is 12. The fraction of sp³-hybridized carbons (Fsp3) is 0.463. The van der Waals surface area contributed by atoms with Crippen molar-refractivity contribution in [1.29, 1.82) is 0 Å². The first-order valence-electron chi connectivity index (χ1n) is 24.5. The summed E-state index contributed by atoms with van der Waals surface area (Å²) >= 11 is 1.64. The van der Waals surface area contributed by atoms with Crippen LogP contribution in [0.4, 0.5) is 14.6 Å². The molecule has 9 rings (SSSR count). The van der Waals surface area contributed by atoms with Gasteiger partial charge >= 0.3 is 0 Å². The van der Waals surface area contributed by atoms with Crippen LogP contribution in [-0.2, 0) is 17.8 Å². The van der Waals surface area contributed by atoms with Crippen LogP contribution in [0.1, 0.15) is 95.8 Å². The number of anilines is 1. The summed E-state index contributed by atoms with van der Waals surface area (Å²) in [5.41, 5.74) is 8.49. The Labute approximate surface area is 412 Å². The summed E-state index contributed by atoms with van der Waals surface area (Å²) in [4.78, 5) is 23.9. The Morgan fingerprint density at radius 3 is 2.19 bits per heavy atom. The van der Waals surface area contributed by atoms with E-state index in [1.807, 2.05) is 123 Å². The number of aryl methyl sites for hydroxylation is 2. The number of hydrogen-bond donors (Lipinski definition) is 1. The van der Waals surface area contributed by atoms with Crippen molar-refractivity contribution in [3.05, 3.63) is 120 Å². The number of thiazole rings is 1. The number of nitrogens with one attached hydrogen (secondary N) is 1. The van der Waals surface area contributed by atoms with Gasteiger partial charge in [-0.1, -0.05) is 107 Å². The van der Waals surface area contributed by atoms with Crippen molar-refractivity contribution in [2.45, 2.75) is 105 Å². The summed E-state index contributed by atoms with van der Waals surface area (Å²) in [5, 5.41) is 16.6. The van der Waals surface area contributed by atoms with Gasteiger partial charge in [-0.15, -0.1) is 21.5 Å². The fourth-order valence-electron chi connectivity index (χ4n) is 8.51. The molecule has 1 amide bonds. The summed E-state index contributed by atoms with van der Waals surface area (Å²) in [5.74, 6) is -0.523. The van der Waals surface area contributed by atoms with E-state index in [0.29, 0.717) is 57.0 Å². The van der Waals surface area contributed by atoms with Crippen molar-refractivity contribution >= 4 is 34.5 Å². The van der Waals surface area contributed by atoms with Gasteiger partial charge in [-0.2, -0.15) is 0 Å². The number of ether oxygens (including phenoxy) is 1. The van der Waals surface area contributed by atoms with Crippen LogP contribution in [0.3, 0.4) is 0 Å². The Hall–Kier alpha value is -5.77. The number of rotatable bonds is 12. The number of benzene rings is 3. The standard InChI is InChI=1S/C30H34F2N6O2.C13H14N2OS.C6H11N.C3H8.C2H6/c1-3-24-18-29(35-40-24)38-13-11-37(12-14-38)28-9-10-36(20-30(28,31)32)19-23-16-26-22(17-27(23)39-2)15-25(33-34-26)21-7-5-4-6-8-21;1-9(14-7-16)11-3-5-12(6-4-11)13-10(2)15-8-17-13;1-2-7-5-3-4-6-7;1-3-2;1-2/h4-8,15-18,28H,3,9-14,19-20H2,1-2H3;3-9H,1-2H3,(H,14,16);2H,1,3-6H2;3H2,1-2H3;1-2H3. The quantitative estimate of drug-likeness (QED) is 0.118. The van der Waals surface area contributed by atoms with E-state index in [-0.39, 0.29) is 12.6 Å². The highest BCUT2D eigenvalue weighted by Crippen LogP contribution is 2.35. The van der Waals surface area contributed by atoms with E-state index in [1.54, 1.807) is 18.4 Å². The first-order chi connectivity index (χ1) is 33.5. The monoisotopic (exact) mass is 966 g/mol. The van der Waals surface area contributed by atoms with Gasteiger partial charge in [0.1, 0.15) is 11.5 Å². The van der Waals surface area contributed by atoms with Crippen LogP contribution in [0.15, 0.2) is 102 Å². The van der Waals surface area contributed by atoms with Gasteiger partial charge in [0, 0.05) is 81.4 Å². The van der Waals surface area contributed by atoms with Crippen molar-refractivity contribution in [2.75, 3.05) is 64.4 Å². The first kappa shape index (κ1) is 54.2. The zero-order chi connectivity index (χ0) is 49.8. The van der Waals surface area contributed by atoms with Gasteiger partial charge in [0.05, 0.1) is 53.0 Å². The summed E-state index contributed by atoms with van der Waals surface area (Å²) in [6.45, 7) is 23.5. The van der Waals surface area contributed by atoms with Gasteiger partial charge in [-0.3, -0.25) is 14.6 Å². The fourth-order valence-corrected chi connectivity index (χ4v) is 9.32. The molecule has 6 aromatic rings. The van der Waals surface area contributed by atoms with Crippen LogP contribution in [0.25, 0.3) is 32.6 Å². The first-order valence-corrected chi connectivity index (χ1v) is 25.4. The number of likely N-dealkylation sites (tertiary alicyclic amines) is 2. The van der Waals surface area contributed by atoms with Crippen LogP contribution < -0.4 is 15.0 Å². The maximum Gasteiger partial charge on any atom is 0.275 e. The van der Waals surface area contributed by atoms with Crippen molar-refractivity contribution in [1.82, 2.24) is 40.4 Å². The molecule has 0 aliphatic carbocycles. The number of piperazine rings is 1. The lowest BCUT2D eigenvalue weighted by atomic mass is 9.97. The Morgan fingerprint density at radius 2 is 1.62 bits per heavy atom. The van der Waals surface area contributed by atoms with E-state index in [4.69, 9.17) is 9.26 Å². The molecule has 12 nitrogen and oxygen atoms in total. The zero-order valence-electron chi connectivity index (χ0n) is 42.0. The minimum absolute atomic E-state index is 0.0455. The summed E-state index contributed by atoms with van der Waals surface area (Å²) in [6, 6.07) is 25.1. The maximum atomic E-state index is 15.5. The number of halogens is 2. The third kappa shape index (κ3) is 15.1. The van der Waals surface area contributed by atoms with Gasteiger partial charge < -0.3 is 24.4 Å². The molecule has 3 saturated heterocycles. The molecule has 0 saturated carbocycles. The summed E-state index contributed by atoms with van der Waals surface area (Å²) in [7, 11) is 1.61. The predicted molar refractivity (Wildman–Crippen MR) is 278 cm³/mol. The van der Waals surface area contributed by atoms with Crippen LogP contribution in [0.2, 0.25) is 0 Å². The Bertz CT molecular complexity index is 2440. The van der Waals surface area contributed by atoms with Gasteiger partial charge in [0.25, 0.3) is 5.92 Å². The summed E-state index contributed by atoms with van der Waals surface area (Å²) < 4.78 is 42.1. The molecule has 1 N–H and O–H groups in total. The van der Waals surface area contributed by atoms with Crippen LogP contribution in [0.5, 0.6) is 5.75 Å². The maximum absolute atomic E-state index is 15.5. The molecule has 0 spiro atoms. The van der Waals surface area contributed by atoms with Gasteiger partial charge in [0.2, 0.25) is 6.41 Å². The number of piperidine rings is 1. The zero-order valence-corrected chi connectivity index (χ0v) is 42.8. The smallest absolute Gasteiger partial charge is 0.275 e. The largest absolute Gasteiger partial charge is 0.496 e. The normalized spacial score (nSPS) is 17.1. The second-order valence-corrected chi connectivity index (χ2v) is 18.0. The van der Waals surface area contributed by atoms with E-state index in [9.17, 15) is 4.79 Å². The molecular weight excluding hydrogens is 893 g/mol. The molecule has 0 bridgehead atoms. The number of methoxy groups -OCH3 is 1. The van der Waals surface area contributed by atoms with E-state index < -0.39 is 12.0 Å². The number of carbonyl (C=O) groups is 1. The number of aromatic nitrogens is 4. The van der Waals surface area contributed by atoms with Gasteiger partial charge in [-0.25, -0.2) is 13.8 Å². The second kappa shape index (κ2) is 27.4. The molecule has 2 unspecified atom stereocenters. The third-order valence-corrected chi connectivity index (χ3v) is 13.2. The second-order valence-electron chi connectivity index (χ2n) is 17.2. The number of alkyl halides is 2. The molecule has 3 aliphatic heterocycles. The molecule has 3 aromatic heterocycles. The number of carbonyl (C=O) groups excluding carboxylic acids is 1. The lowest BCUT2D eigenvalue weighted by Crippen LogP contribution is -2.61. The minimum atomic E-state index is -2.82. The Morgan fingerprint density at radius 1 is 0.928 bits per heavy atom. The molecule has 69 heavy (non-hydrogen) atoms. The lowest BCUT2D eigenvalue weighted by molar-refractivity contribution is -0.129. The molecule has 15 heteroatoms. The SMILES string of the molecule is C=CN1CCCC1.CC.CCC.CCc1cc(N2CCN(C3CCN(Cc4cc5nnc(-c6ccccc6)cc5cc4OC)CC3(F)F)CC2)no1.Cc1ncsc1-c1ccc(C(C)NC=O)cc1. The van der Waals surface area contributed by atoms with E-state index in [0.717, 1.165) is 57.9 Å². The lowest BCUT2D eigenvalue weighted by Gasteiger charge is -2.46. The highest BCUT2D eigenvalue weighted by molar-refractivity contribution is 7.13. The molecular formula is C54H73F2N9O3S. The average molecular weight is 966 g/mol. The molecule has 6 heterocycles. The van der Waals surface area contributed by atoms with E-state index >= 15 is 8.78 Å². The number of fused-ring (bicyclic) bond motifs is 1. The topological polar surface area (TPSA) is 116 Å². The Kier molecular flexibility index (Phi) is 21.5. The molecule has 3 aromatic carbocycles. The highest BCUT2D eigenvalue weighted by Gasteiger charge is 2.48. The predicted octanol–water partition coefficient (Wildman–Crippen LogP) is 11.5. The molecule has 3 aliphatic rings.